The Balaban J connectivity index is 2.08. The van der Waals surface area contributed by atoms with Crippen molar-refractivity contribution in [2.45, 2.75) is 19.9 Å². The number of hydrogen-bond acceptors (Lipinski definition) is 2. The van der Waals surface area contributed by atoms with E-state index in [4.69, 9.17) is 0 Å². The third-order valence-electron chi connectivity index (χ3n) is 3.24. The van der Waals surface area contributed by atoms with Crippen LogP contribution in [-0.4, -0.2) is 47.3 Å². The van der Waals surface area contributed by atoms with Gasteiger partial charge in [-0.2, -0.15) is 0 Å². The summed E-state index contributed by atoms with van der Waals surface area (Å²) in [5.74, 6) is -0.0670. The molecular weight excluding hydrogens is 308 g/mol. The Morgan fingerprint density at radius 3 is 2.63 bits per heavy atom. The van der Waals surface area contributed by atoms with Crippen molar-refractivity contribution in [2.24, 2.45) is 0 Å². The standard InChI is InChI=1S/C14H17BrN2O2/c1-10(2)17-7-6-16(9-13(17)18)14(19)11-4-3-5-12(15)8-11/h3-5,8,10H,6-7,9H2,1-2H3. The van der Waals surface area contributed by atoms with E-state index in [0.29, 0.717) is 18.7 Å². The molecule has 5 heteroatoms. The fourth-order valence-electron chi connectivity index (χ4n) is 2.21. The van der Waals surface area contributed by atoms with Crippen LogP contribution < -0.4 is 0 Å². The third-order valence-corrected chi connectivity index (χ3v) is 3.73. The number of nitrogens with zero attached hydrogens (tertiary/aromatic N) is 2. The van der Waals surface area contributed by atoms with E-state index in [1.54, 1.807) is 17.0 Å². The van der Waals surface area contributed by atoms with Crippen molar-refractivity contribution in [3.8, 4) is 0 Å². The maximum Gasteiger partial charge on any atom is 0.254 e. The molecule has 2 amide bonds. The second kappa shape index (κ2) is 5.74. The maximum absolute atomic E-state index is 12.3. The number of carbonyl (C=O) groups is 2. The van der Waals surface area contributed by atoms with E-state index in [1.165, 1.54) is 0 Å². The molecule has 19 heavy (non-hydrogen) atoms. The van der Waals surface area contributed by atoms with Crippen molar-refractivity contribution in [3.05, 3.63) is 34.3 Å². The summed E-state index contributed by atoms with van der Waals surface area (Å²) in [6, 6.07) is 7.44. The zero-order valence-electron chi connectivity index (χ0n) is 11.1. The third kappa shape index (κ3) is 3.15. The minimum absolute atomic E-state index is 0.0181. The second-order valence-corrected chi connectivity index (χ2v) is 5.83. The number of halogens is 1. The minimum atomic E-state index is -0.0851. The first kappa shape index (κ1) is 14.1. The smallest absolute Gasteiger partial charge is 0.254 e. The first-order valence-corrected chi connectivity index (χ1v) is 7.12. The zero-order chi connectivity index (χ0) is 14.0. The molecule has 0 spiro atoms. The Hall–Kier alpha value is -1.36. The molecule has 0 atom stereocenters. The van der Waals surface area contributed by atoms with Crippen LogP contribution in [0.15, 0.2) is 28.7 Å². The van der Waals surface area contributed by atoms with E-state index in [9.17, 15) is 9.59 Å². The minimum Gasteiger partial charge on any atom is -0.337 e. The number of carbonyl (C=O) groups excluding carboxylic acids is 2. The van der Waals surface area contributed by atoms with Crippen molar-refractivity contribution in [1.29, 1.82) is 0 Å². The van der Waals surface area contributed by atoms with Gasteiger partial charge in [0, 0.05) is 29.2 Å². The van der Waals surface area contributed by atoms with E-state index in [0.717, 1.165) is 4.47 Å². The molecule has 1 aromatic carbocycles. The van der Waals surface area contributed by atoms with Gasteiger partial charge >= 0.3 is 0 Å². The fourth-order valence-corrected chi connectivity index (χ4v) is 2.61. The lowest BCUT2D eigenvalue weighted by molar-refractivity contribution is -0.136. The zero-order valence-corrected chi connectivity index (χ0v) is 12.7. The van der Waals surface area contributed by atoms with Crippen LogP contribution in [0.3, 0.4) is 0 Å². The molecule has 1 aliphatic rings. The van der Waals surface area contributed by atoms with Crippen LogP contribution in [0.1, 0.15) is 24.2 Å². The van der Waals surface area contributed by atoms with Gasteiger partial charge in [0.25, 0.3) is 5.91 Å². The number of hydrogen-bond donors (Lipinski definition) is 0. The maximum atomic E-state index is 12.3. The molecule has 1 heterocycles. The Labute approximate surface area is 121 Å². The van der Waals surface area contributed by atoms with Crippen LogP contribution in [0.4, 0.5) is 0 Å². The lowest BCUT2D eigenvalue weighted by atomic mass is 10.1. The topological polar surface area (TPSA) is 40.6 Å². The summed E-state index contributed by atoms with van der Waals surface area (Å²) in [6.07, 6.45) is 0. The molecule has 0 unspecified atom stereocenters. The second-order valence-electron chi connectivity index (χ2n) is 4.92. The van der Waals surface area contributed by atoms with E-state index in [-0.39, 0.29) is 24.4 Å². The summed E-state index contributed by atoms with van der Waals surface area (Å²) < 4.78 is 0.866. The van der Waals surface area contributed by atoms with E-state index in [1.807, 2.05) is 30.9 Å². The summed E-state index contributed by atoms with van der Waals surface area (Å²) in [4.78, 5) is 27.7. The number of benzene rings is 1. The summed E-state index contributed by atoms with van der Waals surface area (Å²) in [7, 11) is 0. The largest absolute Gasteiger partial charge is 0.337 e. The van der Waals surface area contributed by atoms with E-state index in [2.05, 4.69) is 15.9 Å². The van der Waals surface area contributed by atoms with Crippen LogP contribution in [0.5, 0.6) is 0 Å². The van der Waals surface area contributed by atoms with Crippen LogP contribution in [-0.2, 0) is 4.79 Å². The SMILES string of the molecule is CC(C)N1CCN(C(=O)c2cccc(Br)c2)CC1=O. The molecular formula is C14H17BrN2O2. The highest BCUT2D eigenvalue weighted by molar-refractivity contribution is 9.10. The van der Waals surface area contributed by atoms with Crippen molar-refractivity contribution < 1.29 is 9.59 Å². The molecule has 0 aliphatic carbocycles. The summed E-state index contributed by atoms with van der Waals surface area (Å²) in [5, 5.41) is 0. The number of piperazine rings is 1. The fraction of sp³-hybridized carbons (Fsp3) is 0.429. The first-order chi connectivity index (χ1) is 8.99. The van der Waals surface area contributed by atoms with Crippen LogP contribution in [0, 0.1) is 0 Å². The molecule has 102 valence electrons. The van der Waals surface area contributed by atoms with Gasteiger partial charge < -0.3 is 9.80 Å². The lowest BCUT2D eigenvalue weighted by Gasteiger charge is -2.36. The quantitative estimate of drug-likeness (QED) is 0.836. The van der Waals surface area contributed by atoms with E-state index < -0.39 is 0 Å². The predicted molar refractivity (Wildman–Crippen MR) is 76.9 cm³/mol. The van der Waals surface area contributed by atoms with Crippen LogP contribution in [0.2, 0.25) is 0 Å². The summed E-state index contributed by atoms with van der Waals surface area (Å²) in [5.41, 5.74) is 0.611. The van der Waals surface area contributed by atoms with Gasteiger partial charge in [0.1, 0.15) is 6.54 Å². The van der Waals surface area contributed by atoms with Gasteiger partial charge in [-0.25, -0.2) is 0 Å². The van der Waals surface area contributed by atoms with Gasteiger partial charge in [-0.05, 0) is 32.0 Å². The molecule has 0 aromatic heterocycles. The van der Waals surface area contributed by atoms with Gasteiger partial charge in [-0.15, -0.1) is 0 Å². The molecule has 0 bridgehead atoms. The van der Waals surface area contributed by atoms with Gasteiger partial charge in [-0.1, -0.05) is 22.0 Å². The molecule has 1 fully saturated rings. The summed E-state index contributed by atoms with van der Waals surface area (Å²) >= 11 is 3.35. The van der Waals surface area contributed by atoms with Crippen LogP contribution >= 0.6 is 15.9 Å². The highest BCUT2D eigenvalue weighted by atomic mass is 79.9. The van der Waals surface area contributed by atoms with Crippen LogP contribution in [0.25, 0.3) is 0 Å². The van der Waals surface area contributed by atoms with Gasteiger partial charge in [0.15, 0.2) is 0 Å². The number of amides is 2. The normalized spacial score (nSPS) is 16.1. The Bertz CT molecular complexity index is 502. The average Bonchev–Trinajstić information content (AvgIpc) is 2.37. The molecule has 0 N–H and O–H groups in total. The average molecular weight is 325 g/mol. The van der Waals surface area contributed by atoms with Crippen molar-refractivity contribution in [3.63, 3.8) is 0 Å². The highest BCUT2D eigenvalue weighted by Gasteiger charge is 2.28. The molecule has 0 radical (unpaired) electrons. The monoisotopic (exact) mass is 324 g/mol. The van der Waals surface area contributed by atoms with E-state index >= 15 is 0 Å². The van der Waals surface area contributed by atoms with Gasteiger partial charge in [0.05, 0.1) is 0 Å². The molecule has 2 rings (SSSR count). The molecule has 1 aliphatic heterocycles. The predicted octanol–water partition coefficient (Wildman–Crippen LogP) is 2.14. The van der Waals surface area contributed by atoms with Gasteiger partial charge in [0.2, 0.25) is 5.91 Å². The van der Waals surface area contributed by atoms with Crippen molar-refractivity contribution in [2.75, 3.05) is 19.6 Å². The summed E-state index contributed by atoms with van der Waals surface area (Å²) in [6.45, 7) is 5.35. The lowest BCUT2D eigenvalue weighted by Crippen LogP contribution is -2.54. The highest BCUT2D eigenvalue weighted by Crippen LogP contribution is 2.15. The molecule has 4 nitrogen and oxygen atoms in total. The Morgan fingerprint density at radius 1 is 1.32 bits per heavy atom. The van der Waals surface area contributed by atoms with Gasteiger partial charge in [-0.3, -0.25) is 9.59 Å². The molecule has 0 saturated carbocycles. The Morgan fingerprint density at radius 2 is 2.05 bits per heavy atom. The molecule has 1 saturated heterocycles. The number of rotatable bonds is 2. The Kier molecular flexibility index (Phi) is 4.24. The van der Waals surface area contributed by atoms with Crippen molar-refractivity contribution >= 4 is 27.7 Å². The van der Waals surface area contributed by atoms with Crippen molar-refractivity contribution in [1.82, 2.24) is 9.80 Å². The molecule has 1 aromatic rings. The first-order valence-electron chi connectivity index (χ1n) is 6.33.